The Hall–Kier alpha value is -0.940. The summed E-state index contributed by atoms with van der Waals surface area (Å²) in [7, 11) is 0. The highest BCUT2D eigenvalue weighted by molar-refractivity contribution is 5.29. The van der Waals surface area contributed by atoms with E-state index >= 15 is 0 Å². The van der Waals surface area contributed by atoms with Crippen molar-refractivity contribution in [2.24, 2.45) is 0 Å². The van der Waals surface area contributed by atoms with Crippen molar-refractivity contribution in [2.45, 2.75) is 25.2 Å². The van der Waals surface area contributed by atoms with Crippen molar-refractivity contribution in [1.29, 1.82) is 0 Å². The maximum Gasteiger partial charge on any atom is 0.184 e. The summed E-state index contributed by atoms with van der Waals surface area (Å²) < 4.78 is 11.1. The van der Waals surface area contributed by atoms with E-state index in [2.05, 4.69) is 0 Å². The lowest BCUT2D eigenvalue weighted by Gasteiger charge is -2.25. The maximum absolute atomic E-state index is 9.50. The number of ether oxygens (including phenoxy) is 2. The van der Waals surface area contributed by atoms with E-state index in [-0.39, 0.29) is 12.9 Å². The Morgan fingerprint density at radius 1 is 1.24 bits per heavy atom. The molecule has 0 saturated carbocycles. The summed E-state index contributed by atoms with van der Waals surface area (Å²) in [5.41, 5.74) is 1.90. The lowest BCUT2D eigenvalue weighted by Crippen LogP contribution is -2.21. The second kappa shape index (κ2) is 6.12. The Kier molecular flexibility index (Phi) is 4.50. The quantitative estimate of drug-likeness (QED) is 0.822. The van der Waals surface area contributed by atoms with Crippen LogP contribution in [0.1, 0.15) is 23.8 Å². The lowest BCUT2D eigenvalue weighted by molar-refractivity contribution is -0.183. The molecule has 2 rings (SSSR count). The van der Waals surface area contributed by atoms with E-state index in [0.29, 0.717) is 19.6 Å². The van der Waals surface area contributed by atoms with E-state index in [1.165, 1.54) is 0 Å². The minimum atomic E-state index is -0.736. The highest BCUT2D eigenvalue weighted by Crippen LogP contribution is 2.26. The maximum atomic E-state index is 9.50. The fraction of sp³-hybridized carbons (Fsp3) is 0.538. The van der Waals surface area contributed by atoms with Gasteiger partial charge in [0.25, 0.3) is 0 Å². The molecule has 1 atom stereocenters. The first-order valence-corrected chi connectivity index (χ1v) is 5.91. The van der Waals surface area contributed by atoms with Gasteiger partial charge in [0, 0.05) is 12.0 Å². The van der Waals surface area contributed by atoms with Crippen LogP contribution in [0.4, 0.5) is 0 Å². The second-order valence-electron chi connectivity index (χ2n) is 4.17. The number of rotatable bonds is 4. The van der Waals surface area contributed by atoms with Gasteiger partial charge in [-0.25, -0.2) is 0 Å². The van der Waals surface area contributed by atoms with Gasteiger partial charge in [-0.3, -0.25) is 0 Å². The molecule has 1 fully saturated rings. The van der Waals surface area contributed by atoms with Crippen molar-refractivity contribution < 1.29 is 19.7 Å². The third-order valence-electron chi connectivity index (χ3n) is 2.80. The first-order valence-electron chi connectivity index (χ1n) is 5.91. The van der Waals surface area contributed by atoms with Gasteiger partial charge in [-0.2, -0.15) is 0 Å². The molecule has 0 unspecified atom stereocenters. The molecule has 94 valence electrons. The Balaban J connectivity index is 2.14. The van der Waals surface area contributed by atoms with Crippen LogP contribution in [0.25, 0.3) is 0 Å². The molecule has 4 heteroatoms. The van der Waals surface area contributed by atoms with E-state index < -0.39 is 6.10 Å². The fourth-order valence-electron chi connectivity index (χ4n) is 1.94. The van der Waals surface area contributed by atoms with E-state index in [9.17, 15) is 5.11 Å². The van der Waals surface area contributed by atoms with Crippen LogP contribution in [-0.2, 0) is 15.9 Å². The molecule has 4 nitrogen and oxygen atoms in total. The first-order chi connectivity index (χ1) is 8.31. The minimum absolute atomic E-state index is 0.235. The Bertz CT molecular complexity index is 347. The van der Waals surface area contributed by atoms with E-state index in [0.717, 1.165) is 17.5 Å². The number of aliphatic hydroxyl groups excluding tert-OH is 2. The van der Waals surface area contributed by atoms with Crippen LogP contribution in [0.2, 0.25) is 0 Å². The minimum Gasteiger partial charge on any atom is -0.394 e. The summed E-state index contributed by atoms with van der Waals surface area (Å²) in [6.45, 7) is 1.16. The van der Waals surface area contributed by atoms with Crippen LogP contribution < -0.4 is 0 Å². The number of aliphatic hydroxyl groups is 2. The summed E-state index contributed by atoms with van der Waals surface area (Å²) in [5.74, 6) is 0. The SMILES string of the molecule is OC[C@H](O)Cc1ccccc1C1OCCCO1. The molecule has 0 amide bonds. The molecule has 17 heavy (non-hydrogen) atoms. The molecule has 0 aromatic heterocycles. The molecule has 2 N–H and O–H groups in total. The average Bonchev–Trinajstić information content (AvgIpc) is 2.40. The highest BCUT2D eigenvalue weighted by atomic mass is 16.7. The molecule has 1 aliphatic rings. The van der Waals surface area contributed by atoms with Crippen LogP contribution in [0.5, 0.6) is 0 Å². The summed E-state index contributed by atoms with van der Waals surface area (Å²) in [5, 5.41) is 18.4. The molecule has 1 aromatic carbocycles. The van der Waals surface area contributed by atoms with Crippen molar-refractivity contribution in [3.05, 3.63) is 35.4 Å². The molecular formula is C13H18O4. The zero-order chi connectivity index (χ0) is 12.1. The predicted octanol–water partition coefficient (Wildman–Crippen LogP) is 1.02. The summed E-state index contributed by atoms with van der Waals surface area (Å²) in [6, 6.07) is 7.70. The van der Waals surface area contributed by atoms with Crippen molar-refractivity contribution in [2.75, 3.05) is 19.8 Å². The molecule has 1 aromatic rings. The monoisotopic (exact) mass is 238 g/mol. The summed E-state index contributed by atoms with van der Waals surface area (Å²) in [6.07, 6.45) is 0.249. The van der Waals surface area contributed by atoms with E-state index in [1.807, 2.05) is 24.3 Å². The van der Waals surface area contributed by atoms with Gasteiger partial charge in [-0.05, 0) is 12.0 Å². The molecule has 0 radical (unpaired) electrons. The van der Waals surface area contributed by atoms with Gasteiger partial charge in [0.2, 0.25) is 0 Å². The van der Waals surface area contributed by atoms with Gasteiger partial charge in [0.15, 0.2) is 6.29 Å². The standard InChI is InChI=1S/C13H18O4/c14-9-11(15)8-10-4-1-2-5-12(10)13-16-6-3-7-17-13/h1-2,4-5,11,13-15H,3,6-9H2/t11-/m1/s1. The number of hydrogen-bond donors (Lipinski definition) is 2. The van der Waals surface area contributed by atoms with Crippen molar-refractivity contribution in [3.63, 3.8) is 0 Å². The van der Waals surface area contributed by atoms with Crippen molar-refractivity contribution in [3.8, 4) is 0 Å². The van der Waals surface area contributed by atoms with Gasteiger partial charge >= 0.3 is 0 Å². The molecule has 0 aliphatic carbocycles. The van der Waals surface area contributed by atoms with Gasteiger partial charge in [0.05, 0.1) is 25.9 Å². The molecular weight excluding hydrogens is 220 g/mol. The average molecular weight is 238 g/mol. The number of benzene rings is 1. The Morgan fingerprint density at radius 3 is 2.65 bits per heavy atom. The summed E-state index contributed by atoms with van der Waals surface area (Å²) >= 11 is 0. The van der Waals surface area contributed by atoms with Gasteiger partial charge in [0.1, 0.15) is 0 Å². The van der Waals surface area contributed by atoms with Gasteiger partial charge in [-0.1, -0.05) is 24.3 Å². The number of hydrogen-bond acceptors (Lipinski definition) is 4. The molecule has 1 saturated heterocycles. The summed E-state index contributed by atoms with van der Waals surface area (Å²) in [4.78, 5) is 0. The topological polar surface area (TPSA) is 58.9 Å². The van der Waals surface area contributed by atoms with Gasteiger partial charge < -0.3 is 19.7 Å². The van der Waals surface area contributed by atoms with Crippen LogP contribution >= 0.6 is 0 Å². The van der Waals surface area contributed by atoms with Crippen LogP contribution in [0, 0.1) is 0 Å². The smallest absolute Gasteiger partial charge is 0.184 e. The third kappa shape index (κ3) is 3.26. The molecule has 0 spiro atoms. The van der Waals surface area contributed by atoms with Crippen LogP contribution in [-0.4, -0.2) is 36.1 Å². The third-order valence-corrected chi connectivity index (χ3v) is 2.80. The van der Waals surface area contributed by atoms with Crippen molar-refractivity contribution in [1.82, 2.24) is 0 Å². The lowest BCUT2D eigenvalue weighted by atomic mass is 10.0. The van der Waals surface area contributed by atoms with Crippen LogP contribution in [0.15, 0.2) is 24.3 Å². The fourth-order valence-corrected chi connectivity index (χ4v) is 1.94. The zero-order valence-corrected chi connectivity index (χ0v) is 9.71. The Labute approximate surface area is 101 Å². The van der Waals surface area contributed by atoms with Crippen LogP contribution in [0.3, 0.4) is 0 Å². The molecule has 1 heterocycles. The predicted molar refractivity (Wildman–Crippen MR) is 62.5 cm³/mol. The van der Waals surface area contributed by atoms with Crippen molar-refractivity contribution >= 4 is 0 Å². The highest BCUT2D eigenvalue weighted by Gasteiger charge is 2.20. The second-order valence-corrected chi connectivity index (χ2v) is 4.17. The van der Waals surface area contributed by atoms with E-state index in [1.54, 1.807) is 0 Å². The molecule has 0 bridgehead atoms. The largest absolute Gasteiger partial charge is 0.394 e. The molecule has 1 aliphatic heterocycles. The Morgan fingerprint density at radius 2 is 1.94 bits per heavy atom. The first kappa shape index (κ1) is 12.5. The zero-order valence-electron chi connectivity index (χ0n) is 9.71. The normalized spacial score (nSPS) is 19.2. The van der Waals surface area contributed by atoms with E-state index in [4.69, 9.17) is 14.6 Å². The van der Waals surface area contributed by atoms with Gasteiger partial charge in [-0.15, -0.1) is 0 Å².